The summed E-state index contributed by atoms with van der Waals surface area (Å²) in [5.41, 5.74) is 0. The van der Waals surface area contributed by atoms with Crippen molar-refractivity contribution in [1.82, 2.24) is 5.32 Å². The predicted molar refractivity (Wildman–Crippen MR) is 58.0 cm³/mol. The van der Waals surface area contributed by atoms with Crippen molar-refractivity contribution >= 4 is 11.6 Å². The van der Waals surface area contributed by atoms with Crippen LogP contribution in [-0.2, 0) is 0 Å². The summed E-state index contributed by atoms with van der Waals surface area (Å²) < 4.78 is 5.79. The van der Waals surface area contributed by atoms with Gasteiger partial charge in [-0.05, 0) is 43.7 Å². The highest BCUT2D eigenvalue weighted by atomic mass is 35.5. The second-order valence-electron chi connectivity index (χ2n) is 3.54. The molecule has 2 rings (SSSR count). The summed E-state index contributed by atoms with van der Waals surface area (Å²) >= 11 is 5.79. The van der Waals surface area contributed by atoms with Crippen molar-refractivity contribution in [3.8, 4) is 5.75 Å². The molecule has 0 radical (unpaired) electrons. The van der Waals surface area contributed by atoms with Gasteiger partial charge >= 0.3 is 0 Å². The van der Waals surface area contributed by atoms with E-state index in [4.69, 9.17) is 16.3 Å². The van der Waals surface area contributed by atoms with Crippen molar-refractivity contribution in [2.24, 2.45) is 0 Å². The van der Waals surface area contributed by atoms with Crippen LogP contribution in [0.5, 0.6) is 5.75 Å². The van der Waals surface area contributed by atoms with E-state index in [1.54, 1.807) is 0 Å². The Morgan fingerprint density at radius 3 is 2.71 bits per heavy atom. The molecule has 1 aromatic carbocycles. The lowest BCUT2D eigenvalue weighted by atomic mass is 10.1. The normalized spacial score (nSPS) is 21.9. The summed E-state index contributed by atoms with van der Waals surface area (Å²) in [6.45, 7) is 2.06. The maximum Gasteiger partial charge on any atom is 0.119 e. The molecular weight excluding hydrogens is 198 g/mol. The molecule has 0 aliphatic carbocycles. The van der Waals surface area contributed by atoms with Crippen molar-refractivity contribution in [1.29, 1.82) is 0 Å². The standard InChI is InChI=1S/C11H14ClNO/c12-9-3-5-10(6-4-9)14-11-2-1-7-13-8-11/h3-6,11,13H,1-2,7-8H2/t11-/m0/s1. The van der Waals surface area contributed by atoms with E-state index in [2.05, 4.69) is 5.32 Å². The topological polar surface area (TPSA) is 21.3 Å². The highest BCUT2D eigenvalue weighted by molar-refractivity contribution is 6.30. The summed E-state index contributed by atoms with van der Waals surface area (Å²) in [4.78, 5) is 0. The first-order chi connectivity index (χ1) is 6.84. The third kappa shape index (κ3) is 2.63. The lowest BCUT2D eigenvalue weighted by Crippen LogP contribution is -2.37. The first-order valence-electron chi connectivity index (χ1n) is 4.97. The molecule has 1 saturated heterocycles. The first-order valence-corrected chi connectivity index (χ1v) is 5.35. The molecule has 14 heavy (non-hydrogen) atoms. The van der Waals surface area contributed by atoms with Gasteiger partial charge < -0.3 is 10.1 Å². The average Bonchev–Trinajstić information content (AvgIpc) is 2.23. The Morgan fingerprint density at radius 1 is 1.29 bits per heavy atom. The molecule has 76 valence electrons. The molecule has 1 heterocycles. The van der Waals surface area contributed by atoms with Gasteiger partial charge in [0.05, 0.1) is 0 Å². The summed E-state index contributed by atoms with van der Waals surface area (Å²) in [5, 5.41) is 4.06. The van der Waals surface area contributed by atoms with E-state index < -0.39 is 0 Å². The molecule has 1 fully saturated rings. The SMILES string of the molecule is Clc1ccc(O[C@H]2CCCNC2)cc1. The molecule has 0 unspecified atom stereocenters. The molecule has 1 N–H and O–H groups in total. The Morgan fingerprint density at radius 2 is 2.07 bits per heavy atom. The fourth-order valence-electron chi connectivity index (χ4n) is 1.63. The molecule has 1 atom stereocenters. The van der Waals surface area contributed by atoms with Gasteiger partial charge in [0.1, 0.15) is 11.9 Å². The number of benzene rings is 1. The molecule has 2 nitrogen and oxygen atoms in total. The number of piperidine rings is 1. The molecule has 3 heteroatoms. The Hall–Kier alpha value is -0.730. The Labute approximate surface area is 89.2 Å². The zero-order chi connectivity index (χ0) is 9.80. The van der Waals surface area contributed by atoms with Crippen molar-refractivity contribution in [2.75, 3.05) is 13.1 Å². The zero-order valence-electron chi connectivity index (χ0n) is 8.00. The quantitative estimate of drug-likeness (QED) is 0.812. The largest absolute Gasteiger partial charge is 0.489 e. The van der Waals surface area contributed by atoms with E-state index in [1.165, 1.54) is 6.42 Å². The van der Waals surface area contributed by atoms with Crippen molar-refractivity contribution < 1.29 is 4.74 Å². The fraction of sp³-hybridized carbons (Fsp3) is 0.455. The number of nitrogens with one attached hydrogen (secondary N) is 1. The highest BCUT2D eigenvalue weighted by Gasteiger charge is 2.13. The Bertz CT molecular complexity index is 280. The van der Waals surface area contributed by atoms with Crippen LogP contribution in [0.2, 0.25) is 5.02 Å². The lowest BCUT2D eigenvalue weighted by Gasteiger charge is -2.23. The Kier molecular flexibility index (Phi) is 3.27. The van der Waals surface area contributed by atoms with Crippen molar-refractivity contribution in [3.05, 3.63) is 29.3 Å². The van der Waals surface area contributed by atoms with Crippen LogP contribution in [0.4, 0.5) is 0 Å². The van der Waals surface area contributed by atoms with E-state index in [0.717, 1.165) is 30.3 Å². The van der Waals surface area contributed by atoms with Crippen molar-refractivity contribution in [3.63, 3.8) is 0 Å². The molecule has 1 aliphatic heterocycles. The van der Waals surface area contributed by atoms with E-state index in [0.29, 0.717) is 6.10 Å². The smallest absolute Gasteiger partial charge is 0.119 e. The Balaban J connectivity index is 1.92. The maximum absolute atomic E-state index is 5.79. The van der Waals surface area contributed by atoms with Gasteiger partial charge in [-0.25, -0.2) is 0 Å². The molecular formula is C11H14ClNO. The minimum Gasteiger partial charge on any atom is -0.489 e. The van der Waals surface area contributed by atoms with Crippen LogP contribution >= 0.6 is 11.6 Å². The van der Waals surface area contributed by atoms with Crippen LogP contribution in [0.3, 0.4) is 0 Å². The summed E-state index contributed by atoms with van der Waals surface area (Å²) in [5.74, 6) is 0.906. The van der Waals surface area contributed by atoms with Gasteiger partial charge in [0.2, 0.25) is 0 Å². The van der Waals surface area contributed by atoms with E-state index in [1.807, 2.05) is 24.3 Å². The van der Waals surface area contributed by atoms with Crippen molar-refractivity contribution in [2.45, 2.75) is 18.9 Å². The summed E-state index contributed by atoms with van der Waals surface area (Å²) in [6.07, 6.45) is 2.64. The summed E-state index contributed by atoms with van der Waals surface area (Å²) in [6, 6.07) is 7.54. The van der Waals surface area contributed by atoms with Crippen LogP contribution in [0.1, 0.15) is 12.8 Å². The molecule has 0 bridgehead atoms. The number of ether oxygens (including phenoxy) is 1. The molecule has 0 spiro atoms. The van der Waals surface area contributed by atoms with E-state index in [9.17, 15) is 0 Å². The van der Waals surface area contributed by atoms with Gasteiger partial charge in [-0.15, -0.1) is 0 Å². The van der Waals surface area contributed by atoms with Gasteiger partial charge in [0.15, 0.2) is 0 Å². The number of hydrogen-bond acceptors (Lipinski definition) is 2. The predicted octanol–water partition coefficient (Wildman–Crippen LogP) is 2.47. The third-order valence-electron chi connectivity index (χ3n) is 2.37. The van der Waals surface area contributed by atoms with Crippen LogP contribution in [-0.4, -0.2) is 19.2 Å². The second-order valence-corrected chi connectivity index (χ2v) is 3.98. The van der Waals surface area contributed by atoms with E-state index in [-0.39, 0.29) is 0 Å². The molecule has 0 aromatic heterocycles. The van der Waals surface area contributed by atoms with Gasteiger partial charge in [-0.2, -0.15) is 0 Å². The zero-order valence-corrected chi connectivity index (χ0v) is 8.76. The number of halogens is 1. The van der Waals surface area contributed by atoms with Gasteiger partial charge in [0.25, 0.3) is 0 Å². The van der Waals surface area contributed by atoms with Crippen LogP contribution < -0.4 is 10.1 Å². The van der Waals surface area contributed by atoms with Gasteiger partial charge in [-0.1, -0.05) is 11.6 Å². The maximum atomic E-state index is 5.79. The molecule has 1 aliphatic rings. The third-order valence-corrected chi connectivity index (χ3v) is 2.62. The van der Waals surface area contributed by atoms with Gasteiger partial charge in [-0.3, -0.25) is 0 Å². The second kappa shape index (κ2) is 4.67. The minimum absolute atomic E-state index is 0.310. The summed E-state index contributed by atoms with van der Waals surface area (Å²) in [7, 11) is 0. The lowest BCUT2D eigenvalue weighted by molar-refractivity contribution is 0.167. The van der Waals surface area contributed by atoms with Gasteiger partial charge in [0, 0.05) is 11.6 Å². The molecule has 0 amide bonds. The molecule has 0 saturated carbocycles. The number of rotatable bonds is 2. The van der Waals surface area contributed by atoms with Crippen LogP contribution in [0, 0.1) is 0 Å². The monoisotopic (exact) mass is 211 g/mol. The van der Waals surface area contributed by atoms with E-state index >= 15 is 0 Å². The van der Waals surface area contributed by atoms with Crippen LogP contribution in [0.25, 0.3) is 0 Å². The minimum atomic E-state index is 0.310. The first kappa shape index (κ1) is 9.81. The number of hydrogen-bond donors (Lipinski definition) is 1. The van der Waals surface area contributed by atoms with Crippen LogP contribution in [0.15, 0.2) is 24.3 Å². The fourth-order valence-corrected chi connectivity index (χ4v) is 1.75. The molecule has 1 aromatic rings. The highest BCUT2D eigenvalue weighted by Crippen LogP contribution is 2.18. The average molecular weight is 212 g/mol.